The van der Waals surface area contributed by atoms with Gasteiger partial charge in [-0.3, -0.25) is 10.1 Å². The summed E-state index contributed by atoms with van der Waals surface area (Å²) < 4.78 is 0. The molecule has 4 nitrogen and oxygen atoms in total. The Labute approximate surface area is 95.8 Å². The first-order chi connectivity index (χ1) is 7.46. The van der Waals surface area contributed by atoms with E-state index in [1.54, 1.807) is 12.1 Å². The zero-order valence-corrected chi connectivity index (χ0v) is 9.99. The lowest BCUT2D eigenvalue weighted by Crippen LogP contribution is -2.37. The van der Waals surface area contributed by atoms with Crippen LogP contribution >= 0.6 is 0 Å². The number of rotatable bonds is 5. The fourth-order valence-corrected chi connectivity index (χ4v) is 1.30. The van der Waals surface area contributed by atoms with Crippen molar-refractivity contribution in [3.63, 3.8) is 0 Å². The summed E-state index contributed by atoms with van der Waals surface area (Å²) in [5, 5.41) is 14.1. The van der Waals surface area contributed by atoms with Gasteiger partial charge >= 0.3 is 0 Å². The van der Waals surface area contributed by atoms with E-state index in [0.717, 1.165) is 12.0 Å². The molecule has 0 unspecified atom stereocenters. The molecule has 1 N–H and O–H groups in total. The monoisotopic (exact) mass is 222 g/mol. The molecule has 4 heteroatoms. The molecule has 0 spiro atoms. The fourth-order valence-electron chi connectivity index (χ4n) is 1.30. The molecule has 0 heterocycles. The lowest BCUT2D eigenvalue weighted by Gasteiger charge is -2.24. The number of para-hydroxylation sites is 1. The first-order valence-electron chi connectivity index (χ1n) is 5.43. The van der Waals surface area contributed by atoms with Crippen molar-refractivity contribution in [3.05, 3.63) is 39.9 Å². The average Bonchev–Trinajstić information content (AvgIpc) is 2.27. The van der Waals surface area contributed by atoms with Crippen molar-refractivity contribution in [2.24, 2.45) is 0 Å². The van der Waals surface area contributed by atoms with Gasteiger partial charge in [0.05, 0.1) is 4.92 Å². The van der Waals surface area contributed by atoms with Crippen LogP contribution in [0.1, 0.15) is 32.8 Å². The first-order valence-corrected chi connectivity index (χ1v) is 5.43. The number of nitro benzene ring substituents is 1. The normalized spacial score (nSPS) is 11.4. The molecule has 1 aromatic rings. The van der Waals surface area contributed by atoms with Gasteiger partial charge in [0, 0.05) is 23.7 Å². The highest BCUT2D eigenvalue weighted by Gasteiger charge is 2.17. The minimum Gasteiger partial charge on any atom is -0.307 e. The Balaban J connectivity index is 2.78. The highest BCUT2D eigenvalue weighted by molar-refractivity contribution is 5.39. The average molecular weight is 222 g/mol. The lowest BCUT2D eigenvalue weighted by molar-refractivity contribution is -0.385. The van der Waals surface area contributed by atoms with Crippen molar-refractivity contribution in [2.45, 2.75) is 39.3 Å². The molecular weight excluding hydrogens is 204 g/mol. The van der Waals surface area contributed by atoms with Crippen LogP contribution in [-0.4, -0.2) is 10.5 Å². The molecule has 0 fully saturated rings. The van der Waals surface area contributed by atoms with E-state index in [1.807, 2.05) is 6.07 Å². The van der Waals surface area contributed by atoms with Gasteiger partial charge in [-0.2, -0.15) is 0 Å². The molecule has 16 heavy (non-hydrogen) atoms. The maximum Gasteiger partial charge on any atom is 0.273 e. The van der Waals surface area contributed by atoms with Crippen LogP contribution in [0.2, 0.25) is 0 Å². The van der Waals surface area contributed by atoms with Crippen molar-refractivity contribution in [2.75, 3.05) is 0 Å². The van der Waals surface area contributed by atoms with Gasteiger partial charge in [-0.05, 0) is 20.3 Å². The summed E-state index contributed by atoms with van der Waals surface area (Å²) in [7, 11) is 0. The number of nitrogens with zero attached hydrogens (tertiary/aromatic N) is 1. The molecule has 88 valence electrons. The van der Waals surface area contributed by atoms with Gasteiger partial charge in [-0.25, -0.2) is 0 Å². The van der Waals surface area contributed by atoms with Crippen LogP contribution in [0.5, 0.6) is 0 Å². The summed E-state index contributed by atoms with van der Waals surface area (Å²) >= 11 is 0. The molecule has 0 aromatic heterocycles. The van der Waals surface area contributed by atoms with E-state index in [9.17, 15) is 10.1 Å². The molecular formula is C12H18N2O2. The second-order valence-electron chi connectivity index (χ2n) is 4.48. The molecule has 0 atom stereocenters. The largest absolute Gasteiger partial charge is 0.307 e. The van der Waals surface area contributed by atoms with Gasteiger partial charge in [-0.15, -0.1) is 0 Å². The van der Waals surface area contributed by atoms with Crippen molar-refractivity contribution in [3.8, 4) is 0 Å². The van der Waals surface area contributed by atoms with E-state index in [1.165, 1.54) is 6.07 Å². The third-order valence-corrected chi connectivity index (χ3v) is 2.83. The minimum atomic E-state index is -0.337. The molecule has 0 bridgehead atoms. The summed E-state index contributed by atoms with van der Waals surface area (Å²) in [5.74, 6) is 0. The van der Waals surface area contributed by atoms with E-state index in [2.05, 4.69) is 26.1 Å². The quantitative estimate of drug-likeness (QED) is 0.615. The number of benzene rings is 1. The number of nitrogens with one attached hydrogen (secondary N) is 1. The van der Waals surface area contributed by atoms with Crippen LogP contribution in [0.25, 0.3) is 0 Å². The second kappa shape index (κ2) is 5.07. The Morgan fingerprint density at radius 1 is 1.38 bits per heavy atom. The van der Waals surface area contributed by atoms with E-state index in [-0.39, 0.29) is 16.1 Å². The minimum absolute atomic E-state index is 0.00368. The van der Waals surface area contributed by atoms with E-state index in [4.69, 9.17) is 0 Å². The maximum absolute atomic E-state index is 10.8. The van der Waals surface area contributed by atoms with Crippen LogP contribution in [-0.2, 0) is 6.54 Å². The summed E-state index contributed by atoms with van der Waals surface area (Å²) in [6.45, 7) is 6.79. The highest BCUT2D eigenvalue weighted by Crippen LogP contribution is 2.18. The molecule has 0 aliphatic rings. The summed E-state index contributed by atoms with van der Waals surface area (Å²) in [4.78, 5) is 10.5. The number of nitro groups is 1. The standard InChI is InChI=1S/C12H18N2O2/c1-4-12(2,3)13-9-10-7-5-6-8-11(10)14(15)16/h5-8,13H,4,9H2,1-3H3. The van der Waals surface area contributed by atoms with Crippen LogP contribution in [0, 0.1) is 10.1 Å². The molecule has 1 rings (SSSR count). The van der Waals surface area contributed by atoms with Gasteiger partial charge in [0.1, 0.15) is 0 Å². The third kappa shape index (κ3) is 3.31. The summed E-state index contributed by atoms with van der Waals surface area (Å²) in [5.41, 5.74) is 0.917. The SMILES string of the molecule is CCC(C)(C)NCc1ccccc1[N+](=O)[O-]. The smallest absolute Gasteiger partial charge is 0.273 e. The predicted molar refractivity (Wildman–Crippen MR) is 64.3 cm³/mol. The first kappa shape index (κ1) is 12.6. The highest BCUT2D eigenvalue weighted by atomic mass is 16.6. The summed E-state index contributed by atoms with van der Waals surface area (Å²) in [6.07, 6.45) is 0.980. The summed E-state index contributed by atoms with van der Waals surface area (Å²) in [6, 6.07) is 6.84. The molecule has 0 aliphatic heterocycles. The maximum atomic E-state index is 10.8. The lowest BCUT2D eigenvalue weighted by atomic mass is 10.0. The third-order valence-electron chi connectivity index (χ3n) is 2.83. The van der Waals surface area contributed by atoms with Crippen LogP contribution in [0.15, 0.2) is 24.3 Å². The van der Waals surface area contributed by atoms with Crippen LogP contribution in [0.3, 0.4) is 0 Å². The van der Waals surface area contributed by atoms with Gasteiger partial charge in [0.2, 0.25) is 0 Å². The van der Waals surface area contributed by atoms with Gasteiger partial charge in [0.25, 0.3) is 5.69 Å². The number of hydrogen-bond donors (Lipinski definition) is 1. The Hall–Kier alpha value is -1.42. The Kier molecular flexibility index (Phi) is 4.01. The zero-order valence-electron chi connectivity index (χ0n) is 9.99. The predicted octanol–water partition coefficient (Wildman–Crippen LogP) is 2.87. The van der Waals surface area contributed by atoms with E-state index in [0.29, 0.717) is 6.54 Å². The van der Waals surface area contributed by atoms with Crippen molar-refractivity contribution in [1.82, 2.24) is 5.32 Å². The second-order valence-corrected chi connectivity index (χ2v) is 4.48. The fraction of sp³-hybridized carbons (Fsp3) is 0.500. The molecule has 0 saturated carbocycles. The Bertz CT molecular complexity index is 375. The van der Waals surface area contributed by atoms with Gasteiger partial charge in [-0.1, -0.05) is 25.1 Å². The number of hydrogen-bond acceptors (Lipinski definition) is 3. The topological polar surface area (TPSA) is 55.2 Å². The van der Waals surface area contributed by atoms with Crippen molar-refractivity contribution < 1.29 is 4.92 Å². The molecule has 0 aliphatic carbocycles. The zero-order chi connectivity index (χ0) is 12.2. The Morgan fingerprint density at radius 3 is 2.56 bits per heavy atom. The Morgan fingerprint density at radius 2 is 2.00 bits per heavy atom. The van der Waals surface area contributed by atoms with E-state index >= 15 is 0 Å². The van der Waals surface area contributed by atoms with E-state index < -0.39 is 0 Å². The van der Waals surface area contributed by atoms with Gasteiger partial charge < -0.3 is 5.32 Å². The van der Waals surface area contributed by atoms with Crippen molar-refractivity contribution >= 4 is 5.69 Å². The molecule has 0 radical (unpaired) electrons. The van der Waals surface area contributed by atoms with Gasteiger partial charge in [0.15, 0.2) is 0 Å². The van der Waals surface area contributed by atoms with Crippen LogP contribution < -0.4 is 5.32 Å². The van der Waals surface area contributed by atoms with Crippen LogP contribution in [0.4, 0.5) is 5.69 Å². The molecule has 0 amide bonds. The molecule has 0 saturated heterocycles. The molecule has 1 aromatic carbocycles. The van der Waals surface area contributed by atoms with Crippen molar-refractivity contribution in [1.29, 1.82) is 0 Å².